The lowest BCUT2D eigenvalue weighted by Gasteiger charge is -2.32. The van der Waals surface area contributed by atoms with Gasteiger partial charge in [0, 0.05) is 23.6 Å². The fourth-order valence-electron chi connectivity index (χ4n) is 2.48. The van der Waals surface area contributed by atoms with Crippen LogP contribution < -0.4 is 5.46 Å². The van der Waals surface area contributed by atoms with Gasteiger partial charge < -0.3 is 9.31 Å². The van der Waals surface area contributed by atoms with E-state index in [2.05, 4.69) is 37.8 Å². The Morgan fingerprint density at radius 3 is 2.32 bits per heavy atom. The van der Waals surface area contributed by atoms with Crippen LogP contribution in [0.15, 0.2) is 24.5 Å². The van der Waals surface area contributed by atoms with Gasteiger partial charge in [-0.25, -0.2) is 4.68 Å². The topological polar surface area (TPSA) is 49.2 Å². The monoisotopic (exact) mass is 299 g/mol. The molecular formula is C16H22BN3O2. The van der Waals surface area contributed by atoms with Crippen LogP contribution in [0.25, 0.3) is 5.69 Å². The van der Waals surface area contributed by atoms with Crippen LogP contribution >= 0.6 is 0 Å². The number of hydrogen-bond acceptors (Lipinski definition) is 4. The molecule has 1 saturated heterocycles. The average Bonchev–Trinajstić information content (AvgIpc) is 2.88. The molecule has 2 aromatic heterocycles. The third kappa shape index (κ3) is 2.46. The van der Waals surface area contributed by atoms with E-state index in [9.17, 15) is 0 Å². The standard InChI is InChI=1S/C16H22BN3O2/c1-11-9-13(7-8-18-11)20-10-14(12(2)19-20)17-21-15(3,4)16(5,6)22-17/h7-10H,1-6H3. The molecule has 0 spiro atoms. The summed E-state index contributed by atoms with van der Waals surface area (Å²) >= 11 is 0. The molecule has 1 fully saturated rings. The lowest BCUT2D eigenvalue weighted by molar-refractivity contribution is 0.00578. The SMILES string of the molecule is Cc1cc(-n2cc(B3OC(C)(C)C(C)(C)O3)c(C)n2)ccn1. The Balaban J connectivity index is 1.94. The maximum atomic E-state index is 6.12. The molecule has 116 valence electrons. The first-order chi connectivity index (χ1) is 10.2. The maximum absolute atomic E-state index is 6.12. The summed E-state index contributed by atoms with van der Waals surface area (Å²) in [5, 5.41) is 4.59. The molecule has 0 amide bonds. The number of pyridine rings is 1. The molecule has 1 aliphatic heterocycles. The van der Waals surface area contributed by atoms with E-state index in [1.54, 1.807) is 6.20 Å². The Labute approximate surface area is 131 Å². The molecule has 0 N–H and O–H groups in total. The molecule has 0 bridgehead atoms. The molecule has 2 aromatic rings. The highest BCUT2D eigenvalue weighted by Gasteiger charge is 2.52. The van der Waals surface area contributed by atoms with Gasteiger partial charge in [-0.15, -0.1) is 0 Å². The number of rotatable bonds is 2. The zero-order chi connectivity index (χ0) is 16.1. The minimum atomic E-state index is -0.387. The Morgan fingerprint density at radius 2 is 1.73 bits per heavy atom. The van der Waals surface area contributed by atoms with E-state index < -0.39 is 0 Å². The highest BCUT2D eigenvalue weighted by molar-refractivity contribution is 6.62. The van der Waals surface area contributed by atoms with Crippen LogP contribution in [0.4, 0.5) is 0 Å². The van der Waals surface area contributed by atoms with Crippen molar-refractivity contribution >= 4 is 12.6 Å². The van der Waals surface area contributed by atoms with E-state index in [0.29, 0.717) is 0 Å². The lowest BCUT2D eigenvalue weighted by atomic mass is 9.79. The minimum Gasteiger partial charge on any atom is -0.399 e. The molecule has 0 atom stereocenters. The molecular weight excluding hydrogens is 277 g/mol. The molecule has 0 aromatic carbocycles. The normalized spacial score (nSPS) is 19.6. The van der Waals surface area contributed by atoms with Crippen LogP contribution in [0.2, 0.25) is 0 Å². The number of aryl methyl sites for hydroxylation is 2. The number of hydrogen-bond donors (Lipinski definition) is 0. The van der Waals surface area contributed by atoms with Gasteiger partial charge >= 0.3 is 7.12 Å². The first-order valence-corrected chi connectivity index (χ1v) is 7.54. The van der Waals surface area contributed by atoms with E-state index in [1.807, 2.05) is 36.9 Å². The minimum absolute atomic E-state index is 0.348. The van der Waals surface area contributed by atoms with E-state index in [1.165, 1.54) is 0 Å². The molecule has 0 aliphatic carbocycles. The van der Waals surface area contributed by atoms with Crippen molar-refractivity contribution in [2.45, 2.75) is 52.7 Å². The van der Waals surface area contributed by atoms with Crippen molar-refractivity contribution in [2.75, 3.05) is 0 Å². The van der Waals surface area contributed by atoms with Gasteiger partial charge in [-0.2, -0.15) is 5.10 Å². The molecule has 0 radical (unpaired) electrons. The quantitative estimate of drug-likeness (QED) is 0.798. The van der Waals surface area contributed by atoms with Gasteiger partial charge in [0.2, 0.25) is 0 Å². The van der Waals surface area contributed by atoms with Crippen LogP contribution in [-0.4, -0.2) is 33.1 Å². The van der Waals surface area contributed by atoms with Crippen LogP contribution in [-0.2, 0) is 9.31 Å². The van der Waals surface area contributed by atoms with Crippen molar-refractivity contribution in [3.63, 3.8) is 0 Å². The van der Waals surface area contributed by atoms with Crippen LogP contribution in [0.1, 0.15) is 39.1 Å². The molecule has 3 heterocycles. The van der Waals surface area contributed by atoms with Crippen LogP contribution in [0.5, 0.6) is 0 Å². The van der Waals surface area contributed by atoms with Crippen molar-refractivity contribution in [1.29, 1.82) is 0 Å². The molecule has 0 unspecified atom stereocenters. The molecule has 1 aliphatic rings. The Kier molecular flexibility index (Phi) is 3.42. The average molecular weight is 299 g/mol. The third-order valence-electron chi connectivity index (χ3n) is 4.59. The summed E-state index contributed by atoms with van der Waals surface area (Å²) in [4.78, 5) is 4.22. The highest BCUT2D eigenvalue weighted by Crippen LogP contribution is 2.36. The Morgan fingerprint density at radius 1 is 1.09 bits per heavy atom. The smallest absolute Gasteiger partial charge is 0.399 e. The fourth-order valence-corrected chi connectivity index (χ4v) is 2.48. The van der Waals surface area contributed by atoms with E-state index in [0.717, 1.165) is 22.5 Å². The second-order valence-corrected chi connectivity index (χ2v) is 6.86. The van der Waals surface area contributed by atoms with Crippen molar-refractivity contribution < 1.29 is 9.31 Å². The first kappa shape index (κ1) is 15.2. The maximum Gasteiger partial charge on any atom is 0.498 e. The second kappa shape index (κ2) is 4.93. The predicted molar refractivity (Wildman–Crippen MR) is 86.5 cm³/mol. The zero-order valence-electron chi connectivity index (χ0n) is 14.0. The predicted octanol–water partition coefficient (Wildman–Crippen LogP) is 2.18. The third-order valence-corrected chi connectivity index (χ3v) is 4.59. The van der Waals surface area contributed by atoms with Crippen LogP contribution in [0, 0.1) is 13.8 Å². The van der Waals surface area contributed by atoms with E-state index in [4.69, 9.17) is 9.31 Å². The van der Waals surface area contributed by atoms with Gasteiger partial charge in [0.05, 0.1) is 22.6 Å². The summed E-state index contributed by atoms with van der Waals surface area (Å²) in [6.45, 7) is 12.2. The summed E-state index contributed by atoms with van der Waals surface area (Å²) in [7, 11) is -0.387. The van der Waals surface area contributed by atoms with Gasteiger partial charge in [0.1, 0.15) is 0 Å². The molecule has 5 nitrogen and oxygen atoms in total. The van der Waals surface area contributed by atoms with Crippen molar-refractivity contribution in [1.82, 2.24) is 14.8 Å². The number of nitrogens with zero attached hydrogens (tertiary/aromatic N) is 3. The lowest BCUT2D eigenvalue weighted by Crippen LogP contribution is -2.41. The van der Waals surface area contributed by atoms with Gasteiger partial charge in [-0.1, -0.05) is 0 Å². The number of aromatic nitrogens is 3. The molecule has 22 heavy (non-hydrogen) atoms. The van der Waals surface area contributed by atoms with Gasteiger partial charge in [0.25, 0.3) is 0 Å². The van der Waals surface area contributed by atoms with Crippen molar-refractivity contribution in [3.05, 3.63) is 35.9 Å². The van der Waals surface area contributed by atoms with Gasteiger partial charge in [-0.3, -0.25) is 4.98 Å². The zero-order valence-corrected chi connectivity index (χ0v) is 14.0. The summed E-state index contributed by atoms with van der Waals surface area (Å²) in [5.74, 6) is 0. The summed E-state index contributed by atoms with van der Waals surface area (Å²) in [5.41, 5.74) is 3.13. The van der Waals surface area contributed by atoms with Gasteiger partial charge in [-0.05, 0) is 53.7 Å². The summed E-state index contributed by atoms with van der Waals surface area (Å²) < 4.78 is 14.1. The molecule has 6 heteroatoms. The summed E-state index contributed by atoms with van der Waals surface area (Å²) in [6, 6.07) is 3.94. The van der Waals surface area contributed by atoms with Gasteiger partial charge in [0.15, 0.2) is 0 Å². The van der Waals surface area contributed by atoms with Crippen molar-refractivity contribution in [2.24, 2.45) is 0 Å². The summed E-state index contributed by atoms with van der Waals surface area (Å²) in [6.07, 6.45) is 3.77. The van der Waals surface area contributed by atoms with Crippen molar-refractivity contribution in [3.8, 4) is 5.69 Å². The molecule has 0 saturated carbocycles. The fraction of sp³-hybridized carbons (Fsp3) is 0.500. The van der Waals surface area contributed by atoms with Crippen LogP contribution in [0.3, 0.4) is 0 Å². The largest absolute Gasteiger partial charge is 0.498 e. The highest BCUT2D eigenvalue weighted by atomic mass is 16.7. The van der Waals surface area contributed by atoms with E-state index in [-0.39, 0.29) is 18.3 Å². The van der Waals surface area contributed by atoms with E-state index >= 15 is 0 Å². The Bertz CT molecular complexity index is 693. The Hall–Kier alpha value is -1.66. The molecule has 3 rings (SSSR count). The second-order valence-electron chi connectivity index (χ2n) is 6.86. The first-order valence-electron chi connectivity index (χ1n) is 7.54.